The lowest BCUT2D eigenvalue weighted by atomic mass is 10.00. The van der Waals surface area contributed by atoms with Gasteiger partial charge in [0, 0.05) is 52.4 Å². The molecule has 3 aliphatic heterocycles. The van der Waals surface area contributed by atoms with Gasteiger partial charge in [-0.15, -0.1) is 0 Å². The van der Waals surface area contributed by atoms with Crippen molar-refractivity contribution in [2.24, 2.45) is 0 Å². The minimum absolute atomic E-state index is 0.00277. The molecule has 0 aliphatic carbocycles. The number of hydrogen-bond acceptors (Lipinski definition) is 5. The van der Waals surface area contributed by atoms with Crippen LogP contribution in [-0.4, -0.2) is 85.9 Å². The standard InChI is InChI=1S/C32H49N5O2Si/c1-32(2,3)40(4,5)39-30(24-34-18-15-26-11-7-8-12-27(26)22-34)25-37-20-19-36(31(37)38)23-28-13-14-29(21-33-28)35-16-9-6-10-17-35/h7-8,11-14,21,30H,6,9-10,15-20,22-25H2,1-5H3/t30-/m1/s1. The Labute approximate surface area is 242 Å². The highest BCUT2D eigenvalue weighted by Gasteiger charge is 2.41. The second-order valence-corrected chi connectivity index (χ2v) is 18.2. The van der Waals surface area contributed by atoms with E-state index in [1.165, 1.54) is 36.1 Å². The molecule has 3 aliphatic rings. The van der Waals surface area contributed by atoms with Crippen LogP contribution in [0.3, 0.4) is 0 Å². The number of fused-ring (bicyclic) bond motifs is 1. The second kappa shape index (κ2) is 12.2. The molecule has 0 unspecified atom stereocenters. The van der Waals surface area contributed by atoms with Gasteiger partial charge in [-0.25, -0.2) is 4.79 Å². The monoisotopic (exact) mass is 563 g/mol. The fourth-order valence-electron chi connectivity index (χ4n) is 5.96. The molecule has 1 aromatic heterocycles. The van der Waals surface area contributed by atoms with Crippen molar-refractivity contribution in [3.05, 3.63) is 59.4 Å². The summed E-state index contributed by atoms with van der Waals surface area (Å²) in [5.41, 5.74) is 5.03. The van der Waals surface area contributed by atoms with Gasteiger partial charge in [-0.2, -0.15) is 0 Å². The molecular formula is C32H49N5O2Si. The maximum Gasteiger partial charge on any atom is 0.320 e. The van der Waals surface area contributed by atoms with Crippen molar-refractivity contribution >= 4 is 20.0 Å². The van der Waals surface area contributed by atoms with E-state index in [4.69, 9.17) is 9.41 Å². The largest absolute Gasteiger partial charge is 0.411 e. The smallest absolute Gasteiger partial charge is 0.320 e. The number of piperidine rings is 1. The van der Waals surface area contributed by atoms with Gasteiger partial charge in [0.15, 0.2) is 8.32 Å². The molecule has 0 N–H and O–H groups in total. The number of amides is 2. The molecule has 2 aromatic rings. The zero-order valence-electron chi connectivity index (χ0n) is 25.4. The Morgan fingerprint density at radius 1 is 0.900 bits per heavy atom. The van der Waals surface area contributed by atoms with Gasteiger partial charge in [-0.05, 0) is 67.1 Å². The van der Waals surface area contributed by atoms with Crippen LogP contribution in [0.2, 0.25) is 18.1 Å². The minimum Gasteiger partial charge on any atom is -0.411 e. The van der Waals surface area contributed by atoms with Crippen LogP contribution in [0.15, 0.2) is 42.6 Å². The fourth-order valence-corrected chi connectivity index (χ4v) is 7.30. The summed E-state index contributed by atoms with van der Waals surface area (Å²) >= 11 is 0. The van der Waals surface area contributed by atoms with Crippen LogP contribution in [-0.2, 0) is 23.9 Å². The summed E-state index contributed by atoms with van der Waals surface area (Å²) < 4.78 is 7.00. The van der Waals surface area contributed by atoms with Crippen molar-refractivity contribution in [3.63, 3.8) is 0 Å². The first-order chi connectivity index (χ1) is 19.1. The van der Waals surface area contributed by atoms with E-state index < -0.39 is 8.32 Å². The summed E-state index contributed by atoms with van der Waals surface area (Å²) in [5.74, 6) is 0. The first-order valence-corrected chi connectivity index (χ1v) is 18.2. The molecule has 4 heterocycles. The van der Waals surface area contributed by atoms with Gasteiger partial charge in [0.05, 0.1) is 30.2 Å². The van der Waals surface area contributed by atoms with Crippen LogP contribution in [0.1, 0.15) is 56.9 Å². The van der Waals surface area contributed by atoms with Crippen molar-refractivity contribution in [1.82, 2.24) is 19.7 Å². The second-order valence-electron chi connectivity index (χ2n) is 13.5. The maximum absolute atomic E-state index is 13.5. The Kier molecular flexibility index (Phi) is 8.88. The number of carbonyl (C=O) groups is 1. The van der Waals surface area contributed by atoms with Crippen molar-refractivity contribution in [1.29, 1.82) is 0 Å². The van der Waals surface area contributed by atoms with Crippen LogP contribution in [0, 0.1) is 0 Å². The normalized spacial score (nSPS) is 19.7. The Hall–Kier alpha value is -2.42. The van der Waals surface area contributed by atoms with E-state index in [9.17, 15) is 4.79 Å². The summed E-state index contributed by atoms with van der Waals surface area (Å²) in [5, 5.41) is 0.118. The predicted octanol–water partition coefficient (Wildman–Crippen LogP) is 5.76. The van der Waals surface area contributed by atoms with E-state index in [0.29, 0.717) is 13.1 Å². The average Bonchev–Trinajstić information content (AvgIpc) is 3.27. The number of hydrogen-bond donors (Lipinski definition) is 0. The molecule has 0 spiro atoms. The predicted molar refractivity (Wildman–Crippen MR) is 165 cm³/mol. The SMILES string of the molecule is CC(C)(C)[Si](C)(C)O[C@H](CN1CCc2ccccc2C1)CN1CCN(Cc2ccc(N3CCCCC3)cn2)C1=O. The van der Waals surface area contributed by atoms with Crippen LogP contribution < -0.4 is 4.90 Å². The van der Waals surface area contributed by atoms with Gasteiger partial charge in [0.2, 0.25) is 0 Å². The van der Waals surface area contributed by atoms with Crippen LogP contribution in [0.5, 0.6) is 0 Å². The summed E-state index contributed by atoms with van der Waals surface area (Å²) in [4.78, 5) is 27.2. The minimum atomic E-state index is -2.01. The third-order valence-electron chi connectivity index (χ3n) is 9.43. The molecule has 0 radical (unpaired) electrons. The van der Waals surface area contributed by atoms with E-state index >= 15 is 0 Å². The van der Waals surface area contributed by atoms with Gasteiger partial charge >= 0.3 is 6.03 Å². The van der Waals surface area contributed by atoms with Gasteiger partial charge in [0.25, 0.3) is 0 Å². The molecule has 2 amide bonds. The summed E-state index contributed by atoms with van der Waals surface area (Å²) in [6.45, 7) is 19.3. The molecule has 40 heavy (non-hydrogen) atoms. The number of carbonyl (C=O) groups excluding carboxylic acids is 1. The fraction of sp³-hybridized carbons (Fsp3) is 0.625. The topological polar surface area (TPSA) is 52.2 Å². The Morgan fingerprint density at radius 2 is 1.62 bits per heavy atom. The summed E-state index contributed by atoms with van der Waals surface area (Å²) in [6.07, 6.45) is 6.89. The molecule has 5 rings (SSSR count). The number of pyridine rings is 1. The summed E-state index contributed by atoms with van der Waals surface area (Å²) in [7, 11) is -2.01. The molecule has 218 valence electrons. The highest BCUT2D eigenvalue weighted by atomic mass is 28.4. The number of rotatable bonds is 9. The number of aromatic nitrogens is 1. The third kappa shape index (κ3) is 6.89. The van der Waals surface area contributed by atoms with Crippen LogP contribution in [0.4, 0.5) is 10.5 Å². The summed E-state index contributed by atoms with van der Waals surface area (Å²) in [6, 6.07) is 13.2. The van der Waals surface area contributed by atoms with Gasteiger partial charge in [-0.1, -0.05) is 45.0 Å². The Balaban J connectivity index is 1.22. The number of nitrogens with zero attached hydrogens (tertiary/aromatic N) is 5. The van der Waals surface area contributed by atoms with E-state index in [0.717, 1.165) is 57.9 Å². The molecular weight excluding hydrogens is 514 g/mol. The van der Waals surface area contributed by atoms with Crippen molar-refractivity contribution in [2.45, 2.75) is 83.8 Å². The maximum atomic E-state index is 13.5. The van der Waals surface area contributed by atoms with E-state index in [1.54, 1.807) is 0 Å². The molecule has 8 heteroatoms. The van der Waals surface area contributed by atoms with Crippen LogP contribution in [0.25, 0.3) is 0 Å². The molecule has 1 atom stereocenters. The van der Waals surface area contributed by atoms with Crippen molar-refractivity contribution in [3.8, 4) is 0 Å². The highest BCUT2D eigenvalue weighted by Crippen LogP contribution is 2.37. The first-order valence-electron chi connectivity index (χ1n) is 15.3. The van der Waals surface area contributed by atoms with E-state index in [1.807, 2.05) is 16.0 Å². The molecule has 2 fully saturated rings. The van der Waals surface area contributed by atoms with E-state index in [-0.39, 0.29) is 17.2 Å². The Bertz CT molecular complexity index is 1140. The lowest BCUT2D eigenvalue weighted by Crippen LogP contribution is -2.51. The van der Waals surface area contributed by atoms with Crippen LogP contribution >= 0.6 is 0 Å². The van der Waals surface area contributed by atoms with E-state index in [2.05, 4.69) is 80.1 Å². The Morgan fingerprint density at radius 3 is 2.33 bits per heavy atom. The molecule has 2 saturated heterocycles. The van der Waals surface area contributed by atoms with Crippen molar-refractivity contribution < 1.29 is 9.22 Å². The number of anilines is 1. The molecule has 1 aromatic carbocycles. The van der Waals surface area contributed by atoms with Crippen molar-refractivity contribution in [2.75, 3.05) is 50.7 Å². The van der Waals surface area contributed by atoms with Gasteiger partial charge < -0.3 is 19.1 Å². The number of benzene rings is 1. The average molecular weight is 564 g/mol. The first kappa shape index (κ1) is 29.1. The van der Waals surface area contributed by atoms with Gasteiger partial charge in [-0.3, -0.25) is 9.88 Å². The lowest BCUT2D eigenvalue weighted by molar-refractivity contribution is 0.0878. The van der Waals surface area contributed by atoms with Gasteiger partial charge in [0.1, 0.15) is 0 Å². The number of urea groups is 1. The lowest BCUT2D eigenvalue weighted by Gasteiger charge is -2.42. The zero-order valence-corrected chi connectivity index (χ0v) is 26.4. The third-order valence-corrected chi connectivity index (χ3v) is 14.0. The molecule has 0 bridgehead atoms. The molecule has 7 nitrogen and oxygen atoms in total. The quantitative estimate of drug-likeness (QED) is 0.363. The molecule has 0 saturated carbocycles. The highest BCUT2D eigenvalue weighted by molar-refractivity contribution is 6.74. The zero-order chi connectivity index (χ0) is 28.3.